The number of fused-ring (bicyclic) bond motifs is 1. The fourth-order valence-electron chi connectivity index (χ4n) is 1.28. The van der Waals surface area contributed by atoms with Crippen molar-refractivity contribution in [3.8, 4) is 12.3 Å². The molecule has 2 N–H and O–H groups in total. The van der Waals surface area contributed by atoms with Crippen LogP contribution in [0.4, 0.5) is 5.82 Å². The van der Waals surface area contributed by atoms with Crippen LogP contribution in [-0.4, -0.2) is 4.98 Å². The quantitative estimate of drug-likeness (QED) is 0.609. The number of hydrogen-bond donors (Lipinski definition) is 1. The molecule has 0 radical (unpaired) electrons. The van der Waals surface area contributed by atoms with Crippen LogP contribution in [0.25, 0.3) is 10.8 Å². The minimum Gasteiger partial charge on any atom is -0.383 e. The third-order valence-electron chi connectivity index (χ3n) is 1.96. The lowest BCUT2D eigenvalue weighted by Crippen LogP contribution is -1.90. The molecule has 0 spiro atoms. The van der Waals surface area contributed by atoms with Crippen LogP contribution in [0.3, 0.4) is 0 Å². The van der Waals surface area contributed by atoms with Crippen molar-refractivity contribution >= 4 is 16.6 Å². The minimum absolute atomic E-state index is 0.523. The lowest BCUT2D eigenvalue weighted by molar-refractivity contribution is 1.37. The van der Waals surface area contributed by atoms with Gasteiger partial charge in [-0.2, -0.15) is 0 Å². The summed E-state index contributed by atoms with van der Waals surface area (Å²) in [5.74, 6) is 3.09. The molecule has 0 fully saturated rings. The first-order chi connectivity index (χ1) is 6.31. The Morgan fingerprint density at radius 3 is 2.92 bits per heavy atom. The SMILES string of the molecule is C#Cc1ccc2ccnc(N)c2c1. The summed E-state index contributed by atoms with van der Waals surface area (Å²) in [5, 5.41) is 1.98. The van der Waals surface area contributed by atoms with Crippen molar-refractivity contribution in [2.75, 3.05) is 5.73 Å². The second kappa shape index (κ2) is 2.80. The first kappa shape index (κ1) is 7.63. The van der Waals surface area contributed by atoms with Gasteiger partial charge in [-0.1, -0.05) is 12.0 Å². The zero-order valence-electron chi connectivity index (χ0n) is 6.99. The van der Waals surface area contributed by atoms with Crippen molar-refractivity contribution < 1.29 is 0 Å². The second-order valence-corrected chi connectivity index (χ2v) is 2.78. The molecule has 0 atom stereocenters. The molecule has 0 aliphatic heterocycles. The Hall–Kier alpha value is -2.01. The van der Waals surface area contributed by atoms with E-state index in [2.05, 4.69) is 10.9 Å². The van der Waals surface area contributed by atoms with Gasteiger partial charge < -0.3 is 5.73 Å². The Morgan fingerprint density at radius 2 is 2.15 bits per heavy atom. The van der Waals surface area contributed by atoms with E-state index in [-0.39, 0.29) is 0 Å². The molecule has 0 saturated heterocycles. The van der Waals surface area contributed by atoms with Crippen LogP contribution in [0.15, 0.2) is 30.5 Å². The van der Waals surface area contributed by atoms with Crippen molar-refractivity contribution in [3.05, 3.63) is 36.0 Å². The van der Waals surface area contributed by atoms with Gasteiger partial charge in [-0.25, -0.2) is 4.98 Å². The molecule has 1 aromatic heterocycles. The van der Waals surface area contributed by atoms with Gasteiger partial charge in [-0.05, 0) is 23.6 Å². The van der Waals surface area contributed by atoms with Crippen molar-refractivity contribution in [2.24, 2.45) is 0 Å². The van der Waals surface area contributed by atoms with Gasteiger partial charge >= 0.3 is 0 Å². The number of benzene rings is 1. The highest BCUT2D eigenvalue weighted by molar-refractivity contribution is 5.91. The summed E-state index contributed by atoms with van der Waals surface area (Å²) in [6.07, 6.45) is 6.97. The molecule has 0 unspecified atom stereocenters. The number of nitrogens with zero attached hydrogens (tertiary/aromatic N) is 1. The third kappa shape index (κ3) is 1.21. The summed E-state index contributed by atoms with van der Waals surface area (Å²) in [4.78, 5) is 3.99. The van der Waals surface area contributed by atoms with E-state index in [9.17, 15) is 0 Å². The summed E-state index contributed by atoms with van der Waals surface area (Å²) >= 11 is 0. The average molecular weight is 168 g/mol. The molecule has 2 aromatic rings. The van der Waals surface area contributed by atoms with Gasteiger partial charge in [0, 0.05) is 17.1 Å². The first-order valence-corrected chi connectivity index (χ1v) is 3.92. The van der Waals surface area contributed by atoms with Crippen LogP contribution in [0.1, 0.15) is 5.56 Å². The third-order valence-corrected chi connectivity index (χ3v) is 1.96. The lowest BCUT2D eigenvalue weighted by Gasteiger charge is -2.00. The molecule has 2 rings (SSSR count). The molecule has 2 heteroatoms. The fourth-order valence-corrected chi connectivity index (χ4v) is 1.28. The molecule has 1 aromatic carbocycles. The molecular weight excluding hydrogens is 160 g/mol. The maximum Gasteiger partial charge on any atom is 0.131 e. The highest BCUT2D eigenvalue weighted by Gasteiger charge is 1.98. The van der Waals surface area contributed by atoms with Crippen LogP contribution in [0.2, 0.25) is 0 Å². The Balaban J connectivity index is 2.84. The second-order valence-electron chi connectivity index (χ2n) is 2.78. The molecule has 0 saturated carbocycles. The first-order valence-electron chi connectivity index (χ1n) is 3.92. The molecule has 2 nitrogen and oxygen atoms in total. The van der Waals surface area contributed by atoms with Gasteiger partial charge in [0.25, 0.3) is 0 Å². The van der Waals surface area contributed by atoms with E-state index < -0.39 is 0 Å². The average Bonchev–Trinajstić information content (AvgIpc) is 2.18. The van der Waals surface area contributed by atoms with Crippen molar-refractivity contribution in [1.29, 1.82) is 0 Å². The van der Waals surface area contributed by atoms with Crippen LogP contribution in [-0.2, 0) is 0 Å². The number of pyridine rings is 1. The number of anilines is 1. The van der Waals surface area contributed by atoms with Gasteiger partial charge in [-0.15, -0.1) is 6.42 Å². The van der Waals surface area contributed by atoms with Gasteiger partial charge in [0.15, 0.2) is 0 Å². The molecule has 0 aliphatic carbocycles. The molecular formula is C11H8N2. The van der Waals surface area contributed by atoms with Crippen LogP contribution < -0.4 is 5.73 Å². The van der Waals surface area contributed by atoms with E-state index in [0.29, 0.717) is 5.82 Å². The van der Waals surface area contributed by atoms with Gasteiger partial charge in [0.1, 0.15) is 5.82 Å². The molecule has 0 amide bonds. The van der Waals surface area contributed by atoms with Crippen LogP contribution >= 0.6 is 0 Å². The van der Waals surface area contributed by atoms with Crippen molar-refractivity contribution in [2.45, 2.75) is 0 Å². The fraction of sp³-hybridized carbons (Fsp3) is 0. The van der Waals surface area contributed by atoms with Crippen molar-refractivity contribution in [3.63, 3.8) is 0 Å². The predicted molar refractivity (Wildman–Crippen MR) is 54.1 cm³/mol. The Morgan fingerprint density at radius 1 is 1.31 bits per heavy atom. The Bertz CT molecular complexity index is 495. The van der Waals surface area contributed by atoms with Crippen LogP contribution in [0.5, 0.6) is 0 Å². The van der Waals surface area contributed by atoms with E-state index in [0.717, 1.165) is 16.3 Å². The van der Waals surface area contributed by atoms with Gasteiger partial charge in [0.2, 0.25) is 0 Å². The predicted octanol–water partition coefficient (Wildman–Crippen LogP) is 1.80. The molecule has 0 aliphatic rings. The van der Waals surface area contributed by atoms with Gasteiger partial charge in [0.05, 0.1) is 0 Å². The maximum absolute atomic E-state index is 5.70. The van der Waals surface area contributed by atoms with E-state index in [1.54, 1.807) is 6.20 Å². The molecule has 1 heterocycles. The number of terminal acetylenes is 1. The molecule has 0 bridgehead atoms. The van der Waals surface area contributed by atoms with E-state index in [1.807, 2.05) is 24.3 Å². The number of nitrogen functional groups attached to an aromatic ring is 1. The zero-order valence-corrected chi connectivity index (χ0v) is 6.99. The van der Waals surface area contributed by atoms with E-state index in [1.165, 1.54) is 0 Å². The summed E-state index contributed by atoms with van der Waals surface area (Å²) in [6.45, 7) is 0. The number of hydrogen-bond acceptors (Lipinski definition) is 2. The largest absolute Gasteiger partial charge is 0.383 e. The van der Waals surface area contributed by atoms with Gasteiger partial charge in [-0.3, -0.25) is 0 Å². The number of nitrogens with two attached hydrogens (primary N) is 1. The Kier molecular flexibility index (Phi) is 1.64. The highest BCUT2D eigenvalue weighted by atomic mass is 14.8. The summed E-state index contributed by atoms with van der Waals surface area (Å²) < 4.78 is 0. The van der Waals surface area contributed by atoms with E-state index >= 15 is 0 Å². The zero-order chi connectivity index (χ0) is 9.26. The normalized spacial score (nSPS) is 9.77. The smallest absolute Gasteiger partial charge is 0.131 e. The maximum atomic E-state index is 5.70. The summed E-state index contributed by atoms with van der Waals surface area (Å²) in [7, 11) is 0. The van der Waals surface area contributed by atoms with Crippen molar-refractivity contribution in [1.82, 2.24) is 4.98 Å². The number of rotatable bonds is 0. The highest BCUT2D eigenvalue weighted by Crippen LogP contribution is 2.19. The van der Waals surface area contributed by atoms with E-state index in [4.69, 9.17) is 12.2 Å². The Labute approximate surface area is 76.4 Å². The lowest BCUT2D eigenvalue weighted by atomic mass is 10.1. The summed E-state index contributed by atoms with van der Waals surface area (Å²) in [5.41, 5.74) is 6.53. The molecule has 13 heavy (non-hydrogen) atoms. The summed E-state index contributed by atoms with van der Waals surface area (Å²) in [6, 6.07) is 7.62. The topological polar surface area (TPSA) is 38.9 Å². The number of aromatic nitrogens is 1. The minimum atomic E-state index is 0.523. The molecule has 62 valence electrons. The standard InChI is InChI=1S/C11H8N2/c1-2-8-3-4-9-5-6-13-11(12)10(9)7-8/h1,3-7H,(H2,12,13). The monoisotopic (exact) mass is 168 g/mol. The van der Waals surface area contributed by atoms with Crippen LogP contribution in [0, 0.1) is 12.3 Å².